The normalized spacial score (nSPS) is 12.2. The predicted octanol–water partition coefficient (Wildman–Crippen LogP) is 4.53. The van der Waals surface area contributed by atoms with Gasteiger partial charge in [-0.2, -0.15) is 0 Å². The van der Waals surface area contributed by atoms with Crippen molar-refractivity contribution >= 4 is 6.08 Å². The minimum absolute atomic E-state index is 0.436. The number of hydrogen-bond acceptors (Lipinski definition) is 0. The van der Waals surface area contributed by atoms with Gasteiger partial charge in [0.2, 0.25) is 0 Å². The maximum absolute atomic E-state index is 2.31. The molecule has 0 aliphatic heterocycles. The highest BCUT2D eigenvalue weighted by Gasteiger charge is 2.11. The Bertz CT molecular complexity index is 280. The highest BCUT2D eigenvalue weighted by Crippen LogP contribution is 2.25. The molecule has 1 aromatic rings. The van der Waals surface area contributed by atoms with Gasteiger partial charge in [-0.25, -0.2) is 0 Å². The summed E-state index contributed by atoms with van der Waals surface area (Å²) in [6.45, 7) is 6.86. The van der Waals surface area contributed by atoms with Gasteiger partial charge in [0.1, 0.15) is 0 Å². The molecule has 76 valence electrons. The summed E-state index contributed by atoms with van der Waals surface area (Å²) in [5, 5.41) is 0. The van der Waals surface area contributed by atoms with Crippen LogP contribution in [-0.4, -0.2) is 0 Å². The summed E-state index contributed by atoms with van der Waals surface area (Å²) in [6.07, 6.45) is 6.86. The second-order valence-electron chi connectivity index (χ2n) is 4.53. The third-order valence-electron chi connectivity index (χ3n) is 2.74. The summed E-state index contributed by atoms with van der Waals surface area (Å²) in [7, 11) is 0. The van der Waals surface area contributed by atoms with Gasteiger partial charge < -0.3 is 0 Å². The highest BCUT2D eigenvalue weighted by molar-refractivity contribution is 5.48. The molecule has 0 spiro atoms. The van der Waals surface area contributed by atoms with Crippen molar-refractivity contribution in [3.8, 4) is 0 Å². The molecule has 0 atom stereocenters. The SMILES string of the molecule is CCC(C)(C)C/C=C/c1ccccc1. The van der Waals surface area contributed by atoms with Crippen molar-refractivity contribution in [2.24, 2.45) is 5.41 Å². The fourth-order valence-electron chi connectivity index (χ4n) is 1.22. The third kappa shape index (κ3) is 3.78. The number of allylic oxidation sites excluding steroid dienone is 1. The Labute approximate surface area is 87.7 Å². The summed E-state index contributed by atoms with van der Waals surface area (Å²) in [5.41, 5.74) is 1.73. The third-order valence-corrected chi connectivity index (χ3v) is 2.74. The fourth-order valence-corrected chi connectivity index (χ4v) is 1.22. The van der Waals surface area contributed by atoms with Crippen LogP contribution in [-0.2, 0) is 0 Å². The van der Waals surface area contributed by atoms with E-state index in [1.54, 1.807) is 0 Å². The van der Waals surface area contributed by atoms with E-state index in [1.165, 1.54) is 12.0 Å². The van der Waals surface area contributed by atoms with E-state index in [4.69, 9.17) is 0 Å². The molecular weight excluding hydrogens is 168 g/mol. The van der Waals surface area contributed by atoms with Crippen LogP contribution in [0.1, 0.15) is 39.2 Å². The zero-order valence-corrected chi connectivity index (χ0v) is 9.46. The van der Waals surface area contributed by atoms with E-state index < -0.39 is 0 Å². The molecule has 0 fully saturated rings. The molecule has 0 aliphatic carbocycles. The molecule has 1 aromatic carbocycles. The van der Waals surface area contributed by atoms with Gasteiger partial charge in [-0.05, 0) is 17.4 Å². The summed E-state index contributed by atoms with van der Waals surface area (Å²) >= 11 is 0. The zero-order chi connectivity index (χ0) is 10.4. The lowest BCUT2D eigenvalue weighted by Crippen LogP contribution is -2.06. The summed E-state index contributed by atoms with van der Waals surface area (Å²) in [6, 6.07) is 10.5. The monoisotopic (exact) mass is 188 g/mol. The predicted molar refractivity (Wildman–Crippen MR) is 64.2 cm³/mol. The van der Waals surface area contributed by atoms with Gasteiger partial charge >= 0.3 is 0 Å². The lowest BCUT2D eigenvalue weighted by Gasteiger charge is -2.19. The van der Waals surface area contributed by atoms with E-state index in [0.717, 1.165) is 6.42 Å². The van der Waals surface area contributed by atoms with Crippen LogP contribution >= 0.6 is 0 Å². The lowest BCUT2D eigenvalue weighted by atomic mass is 9.86. The highest BCUT2D eigenvalue weighted by atomic mass is 14.2. The van der Waals surface area contributed by atoms with Crippen LogP contribution in [0.3, 0.4) is 0 Å². The van der Waals surface area contributed by atoms with Crippen molar-refractivity contribution in [1.29, 1.82) is 0 Å². The molecule has 0 nitrogen and oxygen atoms in total. The molecule has 0 aromatic heterocycles. The molecular formula is C14H20. The Kier molecular flexibility index (Phi) is 3.94. The van der Waals surface area contributed by atoms with Crippen LogP contribution in [0.4, 0.5) is 0 Å². The molecule has 0 amide bonds. The number of benzene rings is 1. The molecule has 0 unspecified atom stereocenters. The van der Waals surface area contributed by atoms with Crippen LogP contribution < -0.4 is 0 Å². The van der Waals surface area contributed by atoms with Crippen LogP contribution in [0.25, 0.3) is 6.08 Å². The quantitative estimate of drug-likeness (QED) is 0.651. The van der Waals surface area contributed by atoms with Crippen LogP contribution in [0, 0.1) is 5.41 Å². The second-order valence-corrected chi connectivity index (χ2v) is 4.53. The van der Waals surface area contributed by atoms with Crippen molar-refractivity contribution in [1.82, 2.24) is 0 Å². The number of hydrogen-bond donors (Lipinski definition) is 0. The van der Waals surface area contributed by atoms with Crippen LogP contribution in [0.2, 0.25) is 0 Å². The van der Waals surface area contributed by atoms with Gasteiger partial charge in [0, 0.05) is 0 Å². The molecule has 1 rings (SSSR count). The molecule has 0 heteroatoms. The fraction of sp³-hybridized carbons (Fsp3) is 0.429. The molecule has 0 bridgehead atoms. The first-order valence-corrected chi connectivity index (χ1v) is 5.36. The molecule has 0 radical (unpaired) electrons. The van der Waals surface area contributed by atoms with Gasteiger partial charge in [-0.15, -0.1) is 0 Å². The minimum Gasteiger partial charge on any atom is -0.0834 e. The Balaban J connectivity index is 2.50. The Morgan fingerprint density at radius 3 is 2.36 bits per heavy atom. The maximum Gasteiger partial charge on any atom is -0.0260 e. The van der Waals surface area contributed by atoms with Gasteiger partial charge in [0.25, 0.3) is 0 Å². The van der Waals surface area contributed by atoms with Crippen molar-refractivity contribution in [2.45, 2.75) is 33.6 Å². The second kappa shape index (κ2) is 4.99. The standard InChI is InChI=1S/C14H20/c1-4-14(2,3)12-8-11-13-9-6-5-7-10-13/h5-11H,4,12H2,1-3H3/b11-8+. The van der Waals surface area contributed by atoms with Crippen LogP contribution in [0.15, 0.2) is 36.4 Å². The van der Waals surface area contributed by atoms with Gasteiger partial charge in [0.05, 0.1) is 0 Å². The minimum atomic E-state index is 0.436. The van der Waals surface area contributed by atoms with Crippen molar-refractivity contribution in [2.75, 3.05) is 0 Å². The summed E-state index contributed by atoms with van der Waals surface area (Å²) in [5.74, 6) is 0. The van der Waals surface area contributed by atoms with Gasteiger partial charge in [-0.1, -0.05) is 69.7 Å². The van der Waals surface area contributed by atoms with Crippen molar-refractivity contribution in [3.05, 3.63) is 42.0 Å². The molecule has 14 heavy (non-hydrogen) atoms. The first-order chi connectivity index (χ1) is 6.64. The molecule has 0 saturated heterocycles. The van der Waals surface area contributed by atoms with Crippen LogP contribution in [0.5, 0.6) is 0 Å². The first-order valence-electron chi connectivity index (χ1n) is 5.36. The maximum atomic E-state index is 2.31. The van der Waals surface area contributed by atoms with E-state index in [-0.39, 0.29) is 0 Å². The lowest BCUT2D eigenvalue weighted by molar-refractivity contribution is 0.357. The van der Waals surface area contributed by atoms with E-state index in [0.29, 0.717) is 5.41 Å². The van der Waals surface area contributed by atoms with E-state index in [2.05, 4.69) is 57.2 Å². The Morgan fingerprint density at radius 1 is 1.14 bits per heavy atom. The first kappa shape index (κ1) is 11.0. The largest absolute Gasteiger partial charge is 0.0834 e. The molecule has 0 aliphatic rings. The van der Waals surface area contributed by atoms with Gasteiger partial charge in [-0.3, -0.25) is 0 Å². The Hall–Kier alpha value is -1.04. The molecule has 0 heterocycles. The Morgan fingerprint density at radius 2 is 1.79 bits per heavy atom. The van der Waals surface area contributed by atoms with E-state index in [9.17, 15) is 0 Å². The van der Waals surface area contributed by atoms with Gasteiger partial charge in [0.15, 0.2) is 0 Å². The van der Waals surface area contributed by atoms with E-state index >= 15 is 0 Å². The average molecular weight is 188 g/mol. The van der Waals surface area contributed by atoms with Crippen molar-refractivity contribution < 1.29 is 0 Å². The summed E-state index contributed by atoms with van der Waals surface area (Å²) < 4.78 is 0. The zero-order valence-electron chi connectivity index (χ0n) is 9.46. The number of rotatable bonds is 4. The smallest absolute Gasteiger partial charge is 0.0260 e. The average Bonchev–Trinajstić information content (AvgIpc) is 2.19. The van der Waals surface area contributed by atoms with E-state index in [1.807, 2.05) is 6.07 Å². The topological polar surface area (TPSA) is 0 Å². The van der Waals surface area contributed by atoms with Crippen molar-refractivity contribution in [3.63, 3.8) is 0 Å². The summed E-state index contributed by atoms with van der Waals surface area (Å²) in [4.78, 5) is 0. The molecule has 0 N–H and O–H groups in total. The molecule has 0 saturated carbocycles.